The van der Waals surface area contributed by atoms with Gasteiger partial charge in [-0.3, -0.25) is 4.72 Å². The number of hydrogen-bond donors (Lipinski definition) is 3. The van der Waals surface area contributed by atoms with Gasteiger partial charge in [-0.15, -0.1) is 0 Å². The summed E-state index contributed by atoms with van der Waals surface area (Å²) < 4.78 is 24.5. The van der Waals surface area contributed by atoms with Crippen LogP contribution in [0.2, 0.25) is 0 Å². The highest BCUT2D eigenvalue weighted by Gasteiger charge is 2.01. The summed E-state index contributed by atoms with van der Waals surface area (Å²) in [6, 6.07) is 9.11. The third-order valence-electron chi connectivity index (χ3n) is 2.35. The summed E-state index contributed by atoms with van der Waals surface area (Å²) in [5, 5.41) is 3.24. The van der Waals surface area contributed by atoms with Crippen LogP contribution in [0.3, 0.4) is 0 Å². The molecule has 1 aromatic heterocycles. The van der Waals surface area contributed by atoms with Crippen molar-refractivity contribution in [2.45, 2.75) is 6.54 Å². The predicted molar refractivity (Wildman–Crippen MR) is 73.0 cm³/mol. The van der Waals surface area contributed by atoms with Crippen molar-refractivity contribution >= 4 is 21.4 Å². The Balaban J connectivity index is 1.95. The molecule has 0 aliphatic heterocycles. The van der Waals surface area contributed by atoms with Crippen LogP contribution in [-0.2, 0) is 16.6 Å². The van der Waals surface area contributed by atoms with Crippen molar-refractivity contribution in [3.63, 3.8) is 0 Å². The van der Waals surface area contributed by atoms with E-state index in [1.165, 1.54) is 0 Å². The fraction of sp³-hybridized carbons (Fsp3) is 0.167. The van der Waals surface area contributed by atoms with E-state index in [4.69, 9.17) is 0 Å². The number of nitrogens with one attached hydrogen (secondary N) is 3. The maximum Gasteiger partial charge on any atom is 0.229 e. The van der Waals surface area contributed by atoms with Crippen molar-refractivity contribution in [2.75, 3.05) is 16.3 Å². The molecule has 3 N–H and O–H groups in total. The van der Waals surface area contributed by atoms with Gasteiger partial charge in [-0.25, -0.2) is 8.42 Å². The van der Waals surface area contributed by atoms with Crippen LogP contribution in [0.5, 0.6) is 0 Å². The average Bonchev–Trinajstić information content (AvgIpc) is 2.79. The molecule has 0 amide bonds. The summed E-state index contributed by atoms with van der Waals surface area (Å²) in [5.74, 6) is 0. The van der Waals surface area contributed by atoms with E-state index in [0.29, 0.717) is 5.69 Å². The highest BCUT2D eigenvalue weighted by atomic mass is 32.2. The van der Waals surface area contributed by atoms with Gasteiger partial charge in [0.2, 0.25) is 10.0 Å². The van der Waals surface area contributed by atoms with E-state index in [1.807, 2.05) is 30.6 Å². The number of aromatic amines is 1. The summed E-state index contributed by atoms with van der Waals surface area (Å²) >= 11 is 0. The van der Waals surface area contributed by atoms with Gasteiger partial charge in [-0.1, -0.05) is 0 Å². The standard InChI is InChI=1S/C12H15N3O2S/c1-18(16,17)15-12-4-2-11(3-5-12)14-9-10-6-7-13-8-10/h2-8,13-15H,9H2,1H3. The number of anilines is 2. The Hall–Kier alpha value is -1.95. The van der Waals surface area contributed by atoms with Crippen molar-refractivity contribution < 1.29 is 8.42 Å². The van der Waals surface area contributed by atoms with Crippen LogP contribution in [0.15, 0.2) is 42.7 Å². The normalized spacial score (nSPS) is 11.2. The van der Waals surface area contributed by atoms with Crippen molar-refractivity contribution in [1.82, 2.24) is 4.98 Å². The number of hydrogen-bond acceptors (Lipinski definition) is 3. The van der Waals surface area contributed by atoms with E-state index in [2.05, 4.69) is 15.0 Å². The van der Waals surface area contributed by atoms with Crippen molar-refractivity contribution in [3.05, 3.63) is 48.3 Å². The SMILES string of the molecule is CS(=O)(=O)Nc1ccc(NCc2cc[nH]c2)cc1. The van der Waals surface area contributed by atoms with E-state index in [0.717, 1.165) is 24.1 Å². The minimum atomic E-state index is -3.21. The van der Waals surface area contributed by atoms with Gasteiger partial charge in [0.25, 0.3) is 0 Å². The molecule has 1 aromatic carbocycles. The Morgan fingerprint density at radius 2 is 1.78 bits per heavy atom. The first-order chi connectivity index (χ1) is 8.53. The Morgan fingerprint density at radius 1 is 1.11 bits per heavy atom. The van der Waals surface area contributed by atoms with E-state index >= 15 is 0 Å². The maximum absolute atomic E-state index is 11.0. The first kappa shape index (κ1) is 12.5. The van der Waals surface area contributed by atoms with E-state index in [1.54, 1.807) is 12.1 Å². The second kappa shape index (κ2) is 5.14. The summed E-state index contributed by atoms with van der Waals surface area (Å²) in [7, 11) is -3.21. The van der Waals surface area contributed by atoms with Crippen LogP contribution < -0.4 is 10.0 Å². The first-order valence-corrected chi connectivity index (χ1v) is 7.35. The highest BCUT2D eigenvalue weighted by Crippen LogP contribution is 2.15. The summed E-state index contributed by atoms with van der Waals surface area (Å²) in [6.07, 6.45) is 4.92. The fourth-order valence-electron chi connectivity index (χ4n) is 1.54. The van der Waals surface area contributed by atoms with E-state index < -0.39 is 10.0 Å². The zero-order valence-electron chi connectivity index (χ0n) is 9.97. The molecule has 0 unspecified atom stereocenters. The van der Waals surface area contributed by atoms with Gasteiger partial charge < -0.3 is 10.3 Å². The molecule has 2 rings (SSSR count). The van der Waals surface area contributed by atoms with Crippen LogP contribution in [0.1, 0.15) is 5.56 Å². The fourth-order valence-corrected chi connectivity index (χ4v) is 2.11. The smallest absolute Gasteiger partial charge is 0.229 e. The minimum Gasteiger partial charge on any atom is -0.381 e. The zero-order chi connectivity index (χ0) is 13.0. The Bertz CT molecular complexity index is 589. The summed E-state index contributed by atoms with van der Waals surface area (Å²) in [5.41, 5.74) is 2.66. The summed E-state index contributed by atoms with van der Waals surface area (Å²) in [6.45, 7) is 0.725. The topological polar surface area (TPSA) is 74.0 Å². The molecule has 0 saturated heterocycles. The molecule has 1 heterocycles. The Kier molecular flexibility index (Phi) is 3.57. The van der Waals surface area contributed by atoms with Gasteiger partial charge >= 0.3 is 0 Å². The van der Waals surface area contributed by atoms with Gasteiger partial charge in [0, 0.05) is 30.3 Å². The second-order valence-corrected chi connectivity index (χ2v) is 5.77. The molecule has 0 aliphatic rings. The summed E-state index contributed by atoms with van der Waals surface area (Å²) in [4.78, 5) is 2.98. The molecular formula is C12H15N3O2S. The number of aromatic nitrogens is 1. The van der Waals surface area contributed by atoms with E-state index in [9.17, 15) is 8.42 Å². The number of rotatable bonds is 5. The quantitative estimate of drug-likeness (QED) is 0.774. The lowest BCUT2D eigenvalue weighted by molar-refractivity contribution is 0.607. The molecule has 18 heavy (non-hydrogen) atoms. The predicted octanol–water partition coefficient (Wildman–Crippen LogP) is 2.00. The van der Waals surface area contributed by atoms with Gasteiger partial charge in [0.1, 0.15) is 0 Å². The highest BCUT2D eigenvalue weighted by molar-refractivity contribution is 7.92. The molecule has 2 aromatic rings. The van der Waals surface area contributed by atoms with Crippen molar-refractivity contribution in [2.24, 2.45) is 0 Å². The molecule has 0 spiro atoms. The second-order valence-electron chi connectivity index (χ2n) is 4.02. The van der Waals surface area contributed by atoms with Crippen LogP contribution in [0.4, 0.5) is 11.4 Å². The van der Waals surface area contributed by atoms with Gasteiger partial charge in [-0.05, 0) is 35.9 Å². The molecule has 0 atom stereocenters. The molecule has 6 heteroatoms. The molecule has 0 aliphatic carbocycles. The molecule has 0 radical (unpaired) electrons. The van der Waals surface area contributed by atoms with Gasteiger partial charge in [0.15, 0.2) is 0 Å². The van der Waals surface area contributed by atoms with Crippen LogP contribution >= 0.6 is 0 Å². The zero-order valence-corrected chi connectivity index (χ0v) is 10.8. The molecule has 0 fully saturated rings. The lowest BCUT2D eigenvalue weighted by Crippen LogP contribution is -2.09. The van der Waals surface area contributed by atoms with E-state index in [-0.39, 0.29) is 0 Å². The molecule has 5 nitrogen and oxygen atoms in total. The third-order valence-corrected chi connectivity index (χ3v) is 2.95. The monoisotopic (exact) mass is 265 g/mol. The maximum atomic E-state index is 11.0. The van der Waals surface area contributed by atoms with Crippen LogP contribution in [-0.4, -0.2) is 19.7 Å². The minimum absolute atomic E-state index is 0.560. The lowest BCUT2D eigenvalue weighted by atomic mass is 10.2. The largest absolute Gasteiger partial charge is 0.381 e. The van der Waals surface area contributed by atoms with Crippen molar-refractivity contribution in [1.29, 1.82) is 0 Å². The Morgan fingerprint density at radius 3 is 2.33 bits per heavy atom. The Labute approximate surface area is 106 Å². The number of H-pyrrole nitrogens is 1. The molecule has 0 saturated carbocycles. The first-order valence-electron chi connectivity index (χ1n) is 5.46. The number of sulfonamides is 1. The third kappa shape index (κ3) is 3.81. The molecular weight excluding hydrogens is 250 g/mol. The molecule has 0 bridgehead atoms. The lowest BCUT2D eigenvalue weighted by Gasteiger charge is -2.07. The van der Waals surface area contributed by atoms with Crippen LogP contribution in [0.25, 0.3) is 0 Å². The average molecular weight is 265 g/mol. The number of benzene rings is 1. The van der Waals surface area contributed by atoms with Gasteiger partial charge in [0.05, 0.1) is 6.26 Å². The van der Waals surface area contributed by atoms with Crippen molar-refractivity contribution in [3.8, 4) is 0 Å². The molecule has 96 valence electrons. The van der Waals surface area contributed by atoms with Gasteiger partial charge in [-0.2, -0.15) is 0 Å². The van der Waals surface area contributed by atoms with Crippen LogP contribution in [0, 0.1) is 0 Å².